The molecule has 0 radical (unpaired) electrons. The van der Waals surface area contributed by atoms with Crippen LogP contribution in [-0.4, -0.2) is 0 Å². The van der Waals surface area contributed by atoms with Crippen molar-refractivity contribution in [2.75, 3.05) is 0 Å². The van der Waals surface area contributed by atoms with Gasteiger partial charge in [-0.25, -0.2) is 0 Å². The van der Waals surface area contributed by atoms with Crippen LogP contribution >= 0.6 is 65.9 Å². The van der Waals surface area contributed by atoms with E-state index >= 15 is 0 Å². The molecule has 0 aliphatic rings. The summed E-state index contributed by atoms with van der Waals surface area (Å²) >= 11 is 12.8. The molecule has 3 heterocycles. The van der Waals surface area contributed by atoms with Gasteiger partial charge in [0, 0.05) is 20.9 Å². The van der Waals surface area contributed by atoms with Crippen molar-refractivity contribution in [3.05, 3.63) is 92.5 Å². The van der Waals surface area contributed by atoms with Gasteiger partial charge in [-0.2, -0.15) is 0 Å². The molecule has 3 aromatic heterocycles. The van der Waals surface area contributed by atoms with Crippen molar-refractivity contribution in [2.24, 2.45) is 0 Å². The fraction of sp³-hybridized carbons (Fsp3) is 0. The molecule has 0 aliphatic heterocycles. The van der Waals surface area contributed by atoms with Gasteiger partial charge in [-0.1, -0.05) is 60.7 Å². The van der Waals surface area contributed by atoms with E-state index in [9.17, 15) is 0 Å². The summed E-state index contributed by atoms with van der Waals surface area (Å²) in [5.74, 6) is 0. The topological polar surface area (TPSA) is 0 Å². The molecule has 0 amide bonds. The quantitative estimate of drug-likeness (QED) is 0.206. The lowest BCUT2D eigenvalue weighted by Crippen LogP contribution is -1.84. The van der Waals surface area contributed by atoms with Gasteiger partial charge >= 0.3 is 0 Å². The molecule has 0 atom stereocenters. The van der Waals surface area contributed by atoms with E-state index in [1.54, 1.807) is 22.7 Å². The third-order valence-electron chi connectivity index (χ3n) is 4.63. The van der Waals surface area contributed by atoms with Crippen molar-refractivity contribution in [3.8, 4) is 41.8 Å². The molecule has 0 bridgehead atoms. The molecule has 5 heteroatoms. The summed E-state index contributed by atoms with van der Waals surface area (Å²) in [6.45, 7) is 0. The van der Waals surface area contributed by atoms with Crippen LogP contribution in [0.25, 0.3) is 41.8 Å². The molecule has 0 N–H and O–H groups in total. The van der Waals surface area contributed by atoms with E-state index in [1.807, 2.05) is 11.3 Å². The average Bonchev–Trinajstić information content (AvgIpc) is 3.47. The van der Waals surface area contributed by atoms with Crippen LogP contribution in [0.3, 0.4) is 0 Å². The van der Waals surface area contributed by atoms with Crippen molar-refractivity contribution in [1.29, 1.82) is 0 Å². The molecule has 0 saturated carbocycles. The summed E-state index contributed by atoms with van der Waals surface area (Å²) in [6.07, 6.45) is 0. The number of benzene rings is 2. The van der Waals surface area contributed by atoms with Crippen LogP contribution in [0, 0.1) is 0 Å². The molecular formula is C24H14Br2S3. The highest BCUT2D eigenvalue weighted by atomic mass is 79.9. The zero-order chi connectivity index (χ0) is 19.8. The Labute approximate surface area is 198 Å². The highest BCUT2D eigenvalue weighted by Crippen LogP contribution is 2.54. The van der Waals surface area contributed by atoms with Crippen LogP contribution in [0.5, 0.6) is 0 Å². The number of hydrogen-bond acceptors (Lipinski definition) is 3. The number of hydrogen-bond donors (Lipinski definition) is 0. The lowest BCUT2D eigenvalue weighted by molar-refractivity contribution is 1.63. The maximum atomic E-state index is 3.65. The Hall–Kier alpha value is -1.50. The zero-order valence-corrected chi connectivity index (χ0v) is 20.7. The number of rotatable bonds is 4. The summed E-state index contributed by atoms with van der Waals surface area (Å²) in [7, 11) is 0. The first-order chi connectivity index (χ1) is 14.2. The molecule has 0 nitrogen and oxygen atoms in total. The predicted octanol–water partition coefficient (Wildman–Crippen LogP) is 10.1. The summed E-state index contributed by atoms with van der Waals surface area (Å²) in [5.41, 5.74) is 5.14. The smallest absolute Gasteiger partial charge is 0.0705 e. The minimum atomic E-state index is 1.15. The molecule has 5 rings (SSSR count). The van der Waals surface area contributed by atoms with Crippen molar-refractivity contribution >= 4 is 65.9 Å². The lowest BCUT2D eigenvalue weighted by atomic mass is 9.94. The van der Waals surface area contributed by atoms with Crippen LogP contribution < -0.4 is 0 Å². The van der Waals surface area contributed by atoms with E-state index < -0.39 is 0 Å². The summed E-state index contributed by atoms with van der Waals surface area (Å²) in [4.78, 5) is 5.23. The maximum Gasteiger partial charge on any atom is 0.0705 e. The zero-order valence-electron chi connectivity index (χ0n) is 15.1. The van der Waals surface area contributed by atoms with E-state index in [2.05, 4.69) is 117 Å². The largest absolute Gasteiger partial charge is 0.132 e. The highest BCUT2D eigenvalue weighted by Gasteiger charge is 2.24. The van der Waals surface area contributed by atoms with Crippen molar-refractivity contribution in [3.63, 3.8) is 0 Å². The third-order valence-corrected chi connectivity index (χ3v) is 9.42. The molecule has 2 aromatic carbocycles. The molecule has 5 aromatic rings. The second-order valence-electron chi connectivity index (χ2n) is 6.45. The van der Waals surface area contributed by atoms with Crippen LogP contribution in [0.1, 0.15) is 0 Å². The van der Waals surface area contributed by atoms with E-state index in [1.165, 1.54) is 41.8 Å². The van der Waals surface area contributed by atoms with Crippen LogP contribution in [0.4, 0.5) is 0 Å². The molecule has 0 unspecified atom stereocenters. The second kappa shape index (κ2) is 8.32. The van der Waals surface area contributed by atoms with Crippen LogP contribution in [0.15, 0.2) is 92.5 Å². The standard InChI is InChI=1S/C24H14Br2S3/c25-19-13-11-17(27-19)23-21(15-7-3-1-4-8-15)22(16-9-5-2-6-10-16)24(29-23)18-12-14-20(26)28-18/h1-14H. The normalized spacial score (nSPS) is 11.1. The Morgan fingerprint density at radius 1 is 0.448 bits per heavy atom. The Bertz CT molecular complexity index is 1170. The molecule has 0 spiro atoms. The maximum absolute atomic E-state index is 3.65. The first kappa shape index (κ1) is 19.5. The molecule has 0 aliphatic carbocycles. The first-order valence-electron chi connectivity index (χ1n) is 9.00. The van der Waals surface area contributed by atoms with E-state index in [4.69, 9.17) is 0 Å². The Kier molecular flexibility index (Phi) is 5.59. The fourth-order valence-corrected chi connectivity index (χ4v) is 7.76. The number of halogens is 2. The Morgan fingerprint density at radius 3 is 1.21 bits per heavy atom. The van der Waals surface area contributed by atoms with Crippen molar-refractivity contribution < 1.29 is 0 Å². The van der Waals surface area contributed by atoms with Gasteiger partial charge in [0.25, 0.3) is 0 Å². The molecular weight excluding hydrogens is 544 g/mol. The van der Waals surface area contributed by atoms with Gasteiger partial charge in [-0.05, 0) is 67.3 Å². The van der Waals surface area contributed by atoms with Crippen LogP contribution in [0.2, 0.25) is 0 Å². The SMILES string of the molecule is Brc1ccc(-c2sc(-c3ccc(Br)s3)c(-c3ccccc3)c2-c2ccccc2)s1. The van der Waals surface area contributed by atoms with Gasteiger partial charge in [0.2, 0.25) is 0 Å². The minimum absolute atomic E-state index is 1.15. The van der Waals surface area contributed by atoms with E-state index in [-0.39, 0.29) is 0 Å². The summed E-state index contributed by atoms with van der Waals surface area (Å²) < 4.78 is 2.31. The van der Waals surface area contributed by atoms with Gasteiger partial charge in [-0.15, -0.1) is 34.0 Å². The van der Waals surface area contributed by atoms with Crippen molar-refractivity contribution in [1.82, 2.24) is 0 Å². The summed E-state index contributed by atoms with van der Waals surface area (Å²) in [6, 6.07) is 30.2. The van der Waals surface area contributed by atoms with E-state index in [0.29, 0.717) is 0 Å². The van der Waals surface area contributed by atoms with Gasteiger partial charge < -0.3 is 0 Å². The fourth-order valence-electron chi connectivity index (χ4n) is 3.41. The minimum Gasteiger partial charge on any atom is -0.132 e. The highest BCUT2D eigenvalue weighted by molar-refractivity contribution is 9.11. The van der Waals surface area contributed by atoms with Gasteiger partial charge in [0.15, 0.2) is 0 Å². The Balaban J connectivity index is 1.88. The van der Waals surface area contributed by atoms with Gasteiger partial charge in [0.1, 0.15) is 0 Å². The average molecular weight is 558 g/mol. The third kappa shape index (κ3) is 3.82. The number of thiophene rings is 3. The van der Waals surface area contributed by atoms with Gasteiger partial charge in [0.05, 0.1) is 17.3 Å². The van der Waals surface area contributed by atoms with E-state index in [0.717, 1.165) is 7.57 Å². The first-order valence-corrected chi connectivity index (χ1v) is 13.0. The van der Waals surface area contributed by atoms with Crippen molar-refractivity contribution in [2.45, 2.75) is 0 Å². The molecule has 0 saturated heterocycles. The molecule has 0 fully saturated rings. The predicted molar refractivity (Wildman–Crippen MR) is 137 cm³/mol. The summed E-state index contributed by atoms with van der Waals surface area (Å²) in [5, 5.41) is 0. The molecule has 142 valence electrons. The van der Waals surface area contributed by atoms with Crippen LogP contribution in [-0.2, 0) is 0 Å². The van der Waals surface area contributed by atoms with Gasteiger partial charge in [-0.3, -0.25) is 0 Å². The second-order valence-corrected chi connectivity index (χ2v) is 12.4. The lowest BCUT2D eigenvalue weighted by Gasteiger charge is -2.09. The molecule has 29 heavy (non-hydrogen) atoms. The monoisotopic (exact) mass is 556 g/mol. The Morgan fingerprint density at radius 2 is 0.862 bits per heavy atom.